The summed E-state index contributed by atoms with van der Waals surface area (Å²) in [7, 11) is 2.17. The molecular formula is C22H24N6O. The normalized spacial score (nSPS) is 24.5. The number of fused-ring (bicyclic) bond motifs is 5. The van der Waals surface area contributed by atoms with Gasteiger partial charge < -0.3 is 15.0 Å². The van der Waals surface area contributed by atoms with Gasteiger partial charge in [0.15, 0.2) is 0 Å². The summed E-state index contributed by atoms with van der Waals surface area (Å²) < 4.78 is 7.82. The lowest BCUT2D eigenvalue weighted by atomic mass is 9.97. The summed E-state index contributed by atoms with van der Waals surface area (Å²) in [5.74, 6) is 1.73. The topological polar surface area (TPSA) is 68.1 Å². The van der Waals surface area contributed by atoms with Crippen molar-refractivity contribution in [2.75, 3.05) is 11.9 Å². The molecule has 0 amide bonds. The van der Waals surface area contributed by atoms with Gasteiger partial charge in [-0.25, -0.2) is 4.68 Å². The summed E-state index contributed by atoms with van der Waals surface area (Å²) in [5, 5.41) is 11.7. The molecule has 0 aliphatic carbocycles. The summed E-state index contributed by atoms with van der Waals surface area (Å²) in [6, 6.07) is 12.5. The summed E-state index contributed by atoms with van der Waals surface area (Å²) in [4.78, 5) is 7.23. The van der Waals surface area contributed by atoms with Crippen LogP contribution in [0.1, 0.15) is 31.2 Å². The molecule has 3 atom stereocenters. The van der Waals surface area contributed by atoms with Crippen molar-refractivity contribution >= 4 is 5.82 Å². The fourth-order valence-corrected chi connectivity index (χ4v) is 5.07. The van der Waals surface area contributed by atoms with Crippen LogP contribution in [-0.4, -0.2) is 45.2 Å². The van der Waals surface area contributed by atoms with E-state index in [0.717, 1.165) is 28.5 Å². The van der Waals surface area contributed by atoms with E-state index in [1.54, 1.807) is 10.9 Å². The first kappa shape index (κ1) is 17.0. The lowest BCUT2D eigenvalue weighted by molar-refractivity contribution is 0.289. The third kappa shape index (κ3) is 2.88. The van der Waals surface area contributed by atoms with E-state index in [0.29, 0.717) is 24.7 Å². The number of benzene rings is 1. The molecule has 29 heavy (non-hydrogen) atoms. The van der Waals surface area contributed by atoms with Crippen LogP contribution in [-0.2, 0) is 6.61 Å². The maximum absolute atomic E-state index is 6.06. The Balaban J connectivity index is 1.29. The van der Waals surface area contributed by atoms with Gasteiger partial charge in [0, 0.05) is 30.7 Å². The van der Waals surface area contributed by atoms with Gasteiger partial charge in [-0.1, -0.05) is 11.3 Å². The van der Waals surface area contributed by atoms with Crippen molar-refractivity contribution in [3.05, 3.63) is 48.3 Å². The van der Waals surface area contributed by atoms with Crippen LogP contribution in [0.25, 0.3) is 16.8 Å². The average molecular weight is 388 g/mol. The predicted molar refractivity (Wildman–Crippen MR) is 110 cm³/mol. The lowest BCUT2D eigenvalue weighted by Crippen LogP contribution is -2.47. The summed E-state index contributed by atoms with van der Waals surface area (Å²) in [6.07, 6.45) is 8.53. The Bertz CT molecular complexity index is 1040. The smallest absolute Gasteiger partial charge is 0.223 e. The third-order valence-corrected chi connectivity index (χ3v) is 6.63. The van der Waals surface area contributed by atoms with Crippen LogP contribution in [0.5, 0.6) is 5.88 Å². The second-order valence-corrected chi connectivity index (χ2v) is 8.37. The van der Waals surface area contributed by atoms with Crippen LogP contribution < -0.4 is 15.0 Å². The Kier molecular flexibility index (Phi) is 3.84. The first-order valence-electron chi connectivity index (χ1n) is 10.4. The number of rotatable bonds is 3. The molecule has 2 saturated heterocycles. The number of ether oxygens (including phenoxy) is 1. The van der Waals surface area contributed by atoms with Crippen LogP contribution in [0.3, 0.4) is 0 Å². The average Bonchev–Trinajstić information content (AvgIpc) is 3.42. The monoisotopic (exact) mass is 388 g/mol. The number of pyridine rings is 1. The molecule has 148 valence electrons. The zero-order chi connectivity index (χ0) is 19.4. The van der Waals surface area contributed by atoms with Crippen LogP contribution in [0.2, 0.25) is 0 Å². The predicted octanol–water partition coefficient (Wildman–Crippen LogP) is 2.94. The Morgan fingerprint density at radius 2 is 1.93 bits per heavy atom. The first-order valence-corrected chi connectivity index (χ1v) is 10.4. The molecule has 5 heterocycles. The van der Waals surface area contributed by atoms with E-state index in [-0.39, 0.29) is 0 Å². The number of nitrogens with one attached hydrogen (secondary N) is 1. The molecule has 0 unspecified atom stereocenters. The molecule has 2 bridgehead atoms. The SMILES string of the molecule is CN(c1ccc2c(n1)OCc1cc(-n3ccnn3)ccc1-2)[C@@H]1C[C@H]2CC[C@@H](C1)N2. The van der Waals surface area contributed by atoms with Gasteiger partial charge in [0.05, 0.1) is 18.1 Å². The van der Waals surface area contributed by atoms with Crippen molar-refractivity contribution in [1.29, 1.82) is 0 Å². The number of nitrogens with zero attached hydrogens (tertiary/aromatic N) is 5. The van der Waals surface area contributed by atoms with Gasteiger partial charge in [-0.15, -0.1) is 5.10 Å². The van der Waals surface area contributed by atoms with Crippen molar-refractivity contribution in [1.82, 2.24) is 25.3 Å². The first-order chi connectivity index (χ1) is 14.2. The Morgan fingerprint density at radius 3 is 2.72 bits per heavy atom. The highest BCUT2D eigenvalue weighted by molar-refractivity contribution is 5.75. The van der Waals surface area contributed by atoms with E-state index in [2.05, 4.69) is 57.9 Å². The van der Waals surface area contributed by atoms with E-state index in [4.69, 9.17) is 9.72 Å². The van der Waals surface area contributed by atoms with Crippen molar-refractivity contribution in [2.24, 2.45) is 0 Å². The minimum atomic E-state index is 0.516. The lowest BCUT2D eigenvalue weighted by Gasteiger charge is -2.36. The minimum Gasteiger partial charge on any atom is -0.472 e. The highest BCUT2D eigenvalue weighted by Gasteiger charge is 2.35. The van der Waals surface area contributed by atoms with Gasteiger partial charge in [-0.3, -0.25) is 0 Å². The van der Waals surface area contributed by atoms with Crippen molar-refractivity contribution in [3.8, 4) is 22.7 Å². The van der Waals surface area contributed by atoms with Gasteiger partial charge in [0.25, 0.3) is 0 Å². The molecule has 6 rings (SSSR count). The molecule has 0 spiro atoms. The van der Waals surface area contributed by atoms with Gasteiger partial charge in [-0.05, 0) is 61.1 Å². The Labute approximate surface area is 169 Å². The second kappa shape index (κ2) is 6.56. The van der Waals surface area contributed by atoms with Crippen LogP contribution in [0, 0.1) is 0 Å². The van der Waals surface area contributed by atoms with Gasteiger partial charge in [0.2, 0.25) is 5.88 Å². The molecule has 0 saturated carbocycles. The van der Waals surface area contributed by atoms with Crippen LogP contribution >= 0.6 is 0 Å². The Morgan fingerprint density at radius 1 is 1.10 bits per heavy atom. The van der Waals surface area contributed by atoms with Crippen molar-refractivity contribution < 1.29 is 4.74 Å². The Hall–Kier alpha value is -2.93. The summed E-state index contributed by atoms with van der Waals surface area (Å²) >= 11 is 0. The minimum absolute atomic E-state index is 0.516. The van der Waals surface area contributed by atoms with Gasteiger partial charge >= 0.3 is 0 Å². The quantitative estimate of drug-likeness (QED) is 0.744. The molecule has 3 aliphatic heterocycles. The molecule has 2 aromatic heterocycles. The molecule has 1 aromatic carbocycles. The maximum Gasteiger partial charge on any atom is 0.223 e. The van der Waals surface area contributed by atoms with E-state index in [1.165, 1.54) is 31.2 Å². The molecule has 3 aliphatic rings. The molecule has 7 nitrogen and oxygen atoms in total. The summed E-state index contributed by atoms with van der Waals surface area (Å²) in [6.45, 7) is 0.516. The number of piperidine rings is 1. The molecule has 3 aromatic rings. The molecule has 7 heteroatoms. The second-order valence-electron chi connectivity index (χ2n) is 8.37. The molecular weight excluding hydrogens is 364 g/mol. The van der Waals surface area contributed by atoms with E-state index >= 15 is 0 Å². The fraction of sp³-hybridized carbons (Fsp3) is 0.409. The van der Waals surface area contributed by atoms with Crippen molar-refractivity contribution in [2.45, 2.75) is 50.4 Å². The fourth-order valence-electron chi connectivity index (χ4n) is 5.07. The third-order valence-electron chi connectivity index (χ3n) is 6.63. The number of aromatic nitrogens is 4. The number of hydrogen-bond donors (Lipinski definition) is 1. The highest BCUT2D eigenvalue weighted by Crippen LogP contribution is 2.39. The van der Waals surface area contributed by atoms with Gasteiger partial charge in [-0.2, -0.15) is 4.98 Å². The van der Waals surface area contributed by atoms with Crippen LogP contribution in [0.15, 0.2) is 42.7 Å². The number of hydrogen-bond acceptors (Lipinski definition) is 6. The zero-order valence-corrected chi connectivity index (χ0v) is 16.5. The maximum atomic E-state index is 6.06. The summed E-state index contributed by atoms with van der Waals surface area (Å²) in [5.41, 5.74) is 4.36. The van der Waals surface area contributed by atoms with Crippen molar-refractivity contribution in [3.63, 3.8) is 0 Å². The van der Waals surface area contributed by atoms with Gasteiger partial charge in [0.1, 0.15) is 12.4 Å². The van der Waals surface area contributed by atoms with E-state index in [1.807, 2.05) is 6.20 Å². The largest absolute Gasteiger partial charge is 0.472 e. The molecule has 0 radical (unpaired) electrons. The molecule has 2 fully saturated rings. The highest BCUT2D eigenvalue weighted by atomic mass is 16.5. The molecule has 1 N–H and O–H groups in total. The van der Waals surface area contributed by atoms with E-state index in [9.17, 15) is 0 Å². The van der Waals surface area contributed by atoms with Crippen LogP contribution in [0.4, 0.5) is 5.82 Å². The number of anilines is 1. The standard InChI is InChI=1S/C22H24N6O/c1-27(18-11-15-2-3-16(12-18)24-15)21-7-6-20-19-5-4-17(28-9-8-23-26-28)10-14(19)13-29-22(20)25-21/h4-10,15-16,18,24H,2-3,11-13H2,1H3/t15-,16+,18-. The van der Waals surface area contributed by atoms with E-state index < -0.39 is 0 Å². The zero-order valence-electron chi connectivity index (χ0n) is 16.5.